The van der Waals surface area contributed by atoms with Crippen LogP contribution in [0.15, 0.2) is 30.3 Å². The number of ether oxygens (including phenoxy) is 2. The molecule has 2 rings (SSSR count). The number of nitrogens with zero attached hydrogens (tertiary/aromatic N) is 1. The molecule has 0 aromatic heterocycles. The quantitative estimate of drug-likeness (QED) is 0.244. The lowest BCUT2D eigenvalue weighted by molar-refractivity contribution is 0.0486. The SMILES string of the molecule is CCN(CC)c1cccc(C)c1PC(C)(CC)c1cc(C(C)(C)C)cc(C(C)(C)C)c1OCOC. The van der Waals surface area contributed by atoms with Gasteiger partial charge in [0.2, 0.25) is 0 Å². The van der Waals surface area contributed by atoms with Gasteiger partial charge >= 0.3 is 0 Å². The zero-order valence-corrected chi connectivity index (χ0v) is 25.5. The van der Waals surface area contributed by atoms with Crippen molar-refractivity contribution in [2.75, 3.05) is 31.9 Å². The average molecular weight is 500 g/mol. The molecule has 3 nitrogen and oxygen atoms in total. The van der Waals surface area contributed by atoms with Crippen LogP contribution in [0.2, 0.25) is 0 Å². The van der Waals surface area contributed by atoms with E-state index >= 15 is 0 Å². The van der Waals surface area contributed by atoms with Crippen molar-refractivity contribution in [1.82, 2.24) is 0 Å². The van der Waals surface area contributed by atoms with Gasteiger partial charge in [-0.05, 0) is 60.5 Å². The molecule has 2 unspecified atom stereocenters. The van der Waals surface area contributed by atoms with Crippen molar-refractivity contribution in [3.8, 4) is 5.75 Å². The van der Waals surface area contributed by atoms with Gasteiger partial charge in [0.1, 0.15) is 5.75 Å². The monoisotopic (exact) mass is 499 g/mol. The molecule has 0 spiro atoms. The fourth-order valence-corrected chi connectivity index (χ4v) is 6.27. The molecule has 196 valence electrons. The summed E-state index contributed by atoms with van der Waals surface area (Å²) in [5, 5.41) is 1.40. The molecule has 0 fully saturated rings. The zero-order chi connectivity index (χ0) is 26.6. The first-order valence-electron chi connectivity index (χ1n) is 13.2. The summed E-state index contributed by atoms with van der Waals surface area (Å²) in [6.45, 7) is 27.5. The molecule has 0 saturated heterocycles. The normalized spacial score (nSPS) is 14.4. The highest BCUT2D eigenvalue weighted by molar-refractivity contribution is 7.49. The molecule has 2 atom stereocenters. The number of hydrogen-bond acceptors (Lipinski definition) is 3. The number of rotatable bonds is 10. The van der Waals surface area contributed by atoms with Gasteiger partial charge in [-0.2, -0.15) is 0 Å². The van der Waals surface area contributed by atoms with E-state index in [9.17, 15) is 0 Å². The smallest absolute Gasteiger partial charge is 0.188 e. The molecule has 0 aliphatic carbocycles. The molecule has 0 bridgehead atoms. The first-order chi connectivity index (χ1) is 16.2. The minimum atomic E-state index is -0.0711. The number of hydrogen-bond donors (Lipinski definition) is 0. The first kappa shape index (κ1) is 29.7. The van der Waals surface area contributed by atoms with E-state index in [1.165, 1.54) is 33.2 Å². The van der Waals surface area contributed by atoms with Crippen molar-refractivity contribution >= 4 is 19.6 Å². The lowest BCUT2D eigenvalue weighted by Crippen LogP contribution is -2.30. The van der Waals surface area contributed by atoms with Gasteiger partial charge in [-0.15, -0.1) is 0 Å². The summed E-state index contributed by atoms with van der Waals surface area (Å²) in [5.41, 5.74) is 6.66. The Labute approximate surface area is 217 Å². The van der Waals surface area contributed by atoms with E-state index in [0.717, 1.165) is 25.3 Å². The Bertz CT molecular complexity index is 983. The highest BCUT2D eigenvalue weighted by Gasteiger charge is 2.35. The van der Waals surface area contributed by atoms with E-state index in [4.69, 9.17) is 9.47 Å². The predicted molar refractivity (Wildman–Crippen MR) is 157 cm³/mol. The largest absolute Gasteiger partial charge is 0.467 e. The van der Waals surface area contributed by atoms with Crippen molar-refractivity contribution in [2.45, 2.75) is 98.6 Å². The Hall–Kier alpha value is -1.57. The number of anilines is 1. The lowest BCUT2D eigenvalue weighted by atomic mass is 9.77. The van der Waals surface area contributed by atoms with E-state index in [1.54, 1.807) is 7.11 Å². The Balaban J connectivity index is 2.85. The summed E-state index contributed by atoms with van der Waals surface area (Å²) in [4.78, 5) is 2.49. The van der Waals surface area contributed by atoms with Crippen LogP contribution in [0.5, 0.6) is 5.75 Å². The molecule has 0 saturated carbocycles. The van der Waals surface area contributed by atoms with Crippen LogP contribution >= 0.6 is 8.58 Å². The summed E-state index contributed by atoms with van der Waals surface area (Å²) in [6.07, 6.45) is 1.03. The summed E-state index contributed by atoms with van der Waals surface area (Å²) in [5.74, 6) is 1.00. The zero-order valence-electron chi connectivity index (χ0n) is 24.5. The molecule has 0 aliphatic heterocycles. The van der Waals surface area contributed by atoms with Gasteiger partial charge in [-0.1, -0.05) is 88.2 Å². The fourth-order valence-electron chi connectivity index (χ4n) is 4.57. The molecule has 0 aliphatic rings. The maximum absolute atomic E-state index is 6.42. The minimum absolute atomic E-state index is 0.0430. The van der Waals surface area contributed by atoms with Crippen molar-refractivity contribution in [1.29, 1.82) is 0 Å². The van der Waals surface area contributed by atoms with Gasteiger partial charge < -0.3 is 14.4 Å². The van der Waals surface area contributed by atoms with Crippen LogP contribution in [0.3, 0.4) is 0 Å². The predicted octanol–water partition coefficient (Wildman–Crippen LogP) is 8.05. The second-order valence-corrected chi connectivity index (χ2v) is 13.8. The third-order valence-electron chi connectivity index (χ3n) is 7.14. The highest BCUT2D eigenvalue weighted by atomic mass is 31.1. The van der Waals surface area contributed by atoms with E-state index in [-0.39, 0.29) is 22.8 Å². The second kappa shape index (κ2) is 11.7. The molecule has 0 heterocycles. The molecule has 4 heteroatoms. The third-order valence-corrected chi connectivity index (χ3v) is 9.22. The second-order valence-electron chi connectivity index (χ2n) is 11.9. The maximum Gasteiger partial charge on any atom is 0.188 e. The summed E-state index contributed by atoms with van der Waals surface area (Å²) in [6, 6.07) is 11.5. The molecule has 0 amide bonds. The Kier molecular flexibility index (Phi) is 9.88. The highest BCUT2D eigenvalue weighted by Crippen LogP contribution is 2.52. The first-order valence-corrected chi connectivity index (χ1v) is 14.2. The van der Waals surface area contributed by atoms with Gasteiger partial charge in [0, 0.05) is 42.2 Å². The van der Waals surface area contributed by atoms with Crippen molar-refractivity contribution in [2.24, 2.45) is 0 Å². The van der Waals surface area contributed by atoms with Gasteiger partial charge in [0.15, 0.2) is 6.79 Å². The topological polar surface area (TPSA) is 21.7 Å². The van der Waals surface area contributed by atoms with E-state index in [0.29, 0.717) is 8.58 Å². The van der Waals surface area contributed by atoms with Crippen LogP contribution in [0.1, 0.15) is 97.9 Å². The van der Waals surface area contributed by atoms with E-state index < -0.39 is 0 Å². The summed E-state index contributed by atoms with van der Waals surface area (Å²) >= 11 is 0. The molecule has 0 radical (unpaired) electrons. The average Bonchev–Trinajstić information content (AvgIpc) is 2.78. The molecule has 2 aromatic rings. The number of methoxy groups -OCH3 is 1. The van der Waals surface area contributed by atoms with Crippen LogP contribution in [0, 0.1) is 6.92 Å². The van der Waals surface area contributed by atoms with E-state index in [2.05, 4.69) is 111 Å². The fraction of sp³-hybridized carbons (Fsp3) is 0.613. The summed E-state index contributed by atoms with van der Waals surface area (Å²) < 4.78 is 11.8. The van der Waals surface area contributed by atoms with Gasteiger partial charge in [-0.3, -0.25) is 0 Å². The maximum atomic E-state index is 6.42. The minimum Gasteiger partial charge on any atom is -0.467 e. The number of aryl methyl sites for hydroxylation is 1. The third kappa shape index (κ3) is 6.80. The van der Waals surface area contributed by atoms with Crippen LogP contribution in [-0.4, -0.2) is 27.0 Å². The van der Waals surface area contributed by atoms with Gasteiger partial charge in [0.05, 0.1) is 0 Å². The van der Waals surface area contributed by atoms with Crippen LogP contribution in [-0.2, 0) is 20.7 Å². The lowest BCUT2D eigenvalue weighted by Gasteiger charge is -2.37. The number of benzene rings is 2. The molecular formula is C31H50NO2P. The molecular weight excluding hydrogens is 449 g/mol. The Morgan fingerprint density at radius 1 is 0.857 bits per heavy atom. The van der Waals surface area contributed by atoms with Crippen LogP contribution in [0.25, 0.3) is 0 Å². The van der Waals surface area contributed by atoms with Crippen molar-refractivity contribution in [3.05, 3.63) is 52.6 Å². The van der Waals surface area contributed by atoms with Crippen molar-refractivity contribution in [3.63, 3.8) is 0 Å². The van der Waals surface area contributed by atoms with Crippen molar-refractivity contribution < 1.29 is 9.47 Å². The van der Waals surface area contributed by atoms with Gasteiger partial charge in [-0.25, -0.2) is 0 Å². The van der Waals surface area contributed by atoms with Crippen LogP contribution in [0.4, 0.5) is 5.69 Å². The molecule has 2 aromatic carbocycles. The standard InChI is InChI=1S/C31H50NO2P/c1-13-31(11,35-28-22(4)17-16-18-26(28)32(14-2)15-3)25-20-23(29(5,6)7)19-24(30(8,9)10)27(25)34-21-33-12/h16-20,35H,13-15,21H2,1-12H3. The Morgan fingerprint density at radius 3 is 1.94 bits per heavy atom. The van der Waals surface area contributed by atoms with Gasteiger partial charge in [0.25, 0.3) is 0 Å². The van der Waals surface area contributed by atoms with E-state index in [1.807, 2.05) is 0 Å². The Morgan fingerprint density at radius 2 is 1.46 bits per heavy atom. The molecule has 35 heavy (non-hydrogen) atoms. The molecule has 0 N–H and O–H groups in total. The van der Waals surface area contributed by atoms with Crippen LogP contribution < -0.4 is 14.9 Å². The summed E-state index contributed by atoms with van der Waals surface area (Å²) in [7, 11) is 2.32.